The van der Waals surface area contributed by atoms with Gasteiger partial charge in [-0.25, -0.2) is 0 Å². The van der Waals surface area contributed by atoms with E-state index in [1.165, 1.54) is 19.3 Å². The normalized spacial score (nSPS) is 11.9. The molecular formula is C30H36ClN2O5P. The fraction of sp³-hybridized carbons (Fsp3) is 0.367. The zero-order chi connectivity index (χ0) is 28.0. The van der Waals surface area contributed by atoms with Crippen LogP contribution in [-0.2, 0) is 17.5 Å². The minimum Gasteiger partial charge on any atom is -0.493 e. The summed E-state index contributed by atoms with van der Waals surface area (Å²) in [6, 6.07) is 17.2. The molecule has 1 heterocycles. The third-order valence-electron chi connectivity index (χ3n) is 7.00. The molecular weight excluding hydrogens is 535 g/mol. The maximum atomic E-state index is 12.6. The third-order valence-corrected chi connectivity index (χ3v) is 8.15. The molecule has 9 heteroatoms. The smallest absolute Gasteiger partial charge is 0.325 e. The van der Waals surface area contributed by atoms with Crippen molar-refractivity contribution in [3.63, 3.8) is 0 Å². The number of carbonyl (C=O) groups is 1. The quantitative estimate of drug-likeness (QED) is 0.111. The number of hydrogen-bond acceptors (Lipinski definition) is 3. The van der Waals surface area contributed by atoms with Gasteiger partial charge in [-0.05, 0) is 60.7 Å². The molecule has 7 nitrogen and oxygen atoms in total. The lowest BCUT2D eigenvalue weighted by Gasteiger charge is -2.14. The van der Waals surface area contributed by atoms with Crippen LogP contribution in [0.25, 0.3) is 21.8 Å². The Kier molecular flexibility index (Phi) is 9.73. The van der Waals surface area contributed by atoms with E-state index in [1.807, 2.05) is 42.5 Å². The number of hydrogen-bond donors (Lipinski definition) is 3. The van der Waals surface area contributed by atoms with Crippen molar-refractivity contribution < 1.29 is 23.9 Å². The van der Waals surface area contributed by atoms with Crippen molar-refractivity contribution in [3.05, 3.63) is 76.3 Å². The average Bonchev–Trinajstić information content (AvgIpc) is 3.22. The third kappa shape index (κ3) is 7.23. The van der Waals surface area contributed by atoms with E-state index in [2.05, 4.69) is 17.6 Å². The summed E-state index contributed by atoms with van der Waals surface area (Å²) >= 11 is 6.14. The summed E-state index contributed by atoms with van der Waals surface area (Å²) in [5.74, 6) is 0.0440. The van der Waals surface area contributed by atoms with Crippen molar-refractivity contribution in [1.82, 2.24) is 4.57 Å². The van der Waals surface area contributed by atoms with Crippen LogP contribution >= 0.6 is 19.2 Å². The first-order chi connectivity index (χ1) is 18.7. The summed E-state index contributed by atoms with van der Waals surface area (Å²) in [5.41, 5.74) is 10.3. The molecule has 0 unspecified atom stereocenters. The average molecular weight is 571 g/mol. The predicted octanol–water partition coefficient (Wildman–Crippen LogP) is 7.05. The minimum atomic E-state index is -4.12. The van der Waals surface area contributed by atoms with E-state index in [0.29, 0.717) is 22.9 Å². The van der Waals surface area contributed by atoms with Crippen LogP contribution in [0.15, 0.2) is 54.6 Å². The van der Waals surface area contributed by atoms with Gasteiger partial charge in [0.05, 0.1) is 29.2 Å². The van der Waals surface area contributed by atoms with E-state index in [1.54, 1.807) is 6.07 Å². The molecule has 1 amide bonds. The first-order valence-electron chi connectivity index (χ1n) is 13.5. The number of ether oxygens (including phenoxy) is 1. The lowest BCUT2D eigenvalue weighted by Crippen LogP contribution is -2.11. The molecule has 0 bridgehead atoms. The highest BCUT2D eigenvalue weighted by molar-refractivity contribution is 7.51. The van der Waals surface area contributed by atoms with Crippen molar-refractivity contribution in [2.75, 3.05) is 12.8 Å². The molecule has 0 fully saturated rings. The van der Waals surface area contributed by atoms with Crippen LogP contribution in [0, 0.1) is 0 Å². The van der Waals surface area contributed by atoms with Crippen molar-refractivity contribution >= 4 is 46.9 Å². The number of unbranched alkanes of at least 4 members (excludes halogenated alkanes) is 4. The van der Waals surface area contributed by atoms with Gasteiger partial charge in [0.15, 0.2) is 0 Å². The summed E-state index contributed by atoms with van der Waals surface area (Å²) in [6.07, 6.45) is 6.61. The van der Waals surface area contributed by atoms with Crippen LogP contribution in [0.3, 0.4) is 0 Å². The fourth-order valence-electron chi connectivity index (χ4n) is 5.15. The first kappa shape index (κ1) is 29.2. The van der Waals surface area contributed by atoms with Gasteiger partial charge in [-0.3, -0.25) is 9.36 Å². The Morgan fingerprint density at radius 2 is 1.72 bits per heavy atom. The standard InChI is InChI=1S/C30H36ClN2O5P/c1-2-3-4-5-6-9-22-14-17-26(38-18-8-19-39(35,36)37)28-27-24(30(32)34)10-7-11-25(27)33(29(22)28)20-21-12-15-23(31)16-13-21/h7,10-17H,2-6,8-9,18-20H2,1H3,(H2,32,34)(H2,35,36,37). The van der Waals surface area contributed by atoms with Gasteiger partial charge in [0.1, 0.15) is 5.75 Å². The molecule has 0 saturated carbocycles. The second kappa shape index (κ2) is 13.0. The number of aryl methyl sites for hydroxylation is 1. The van der Waals surface area contributed by atoms with Crippen LogP contribution in [0.2, 0.25) is 5.02 Å². The Balaban J connectivity index is 1.87. The highest BCUT2D eigenvalue weighted by Gasteiger charge is 2.22. The molecule has 0 aliphatic heterocycles. The highest BCUT2D eigenvalue weighted by Crippen LogP contribution is 2.41. The van der Waals surface area contributed by atoms with Gasteiger partial charge in [0, 0.05) is 22.5 Å². The molecule has 39 heavy (non-hydrogen) atoms. The van der Waals surface area contributed by atoms with Crippen molar-refractivity contribution in [2.45, 2.75) is 58.4 Å². The minimum absolute atomic E-state index is 0.138. The number of amides is 1. The molecule has 0 aliphatic rings. The first-order valence-corrected chi connectivity index (χ1v) is 15.7. The molecule has 1 aromatic heterocycles. The van der Waals surface area contributed by atoms with Crippen molar-refractivity contribution in [1.29, 1.82) is 0 Å². The lowest BCUT2D eigenvalue weighted by atomic mass is 10.00. The molecule has 4 N–H and O–H groups in total. The van der Waals surface area contributed by atoms with Gasteiger partial charge in [-0.1, -0.05) is 68.5 Å². The number of carbonyl (C=O) groups excluding carboxylic acids is 1. The number of halogens is 1. The second-order valence-corrected chi connectivity index (χ2v) is 12.2. The van der Waals surface area contributed by atoms with Crippen LogP contribution in [0.1, 0.15) is 66.9 Å². The van der Waals surface area contributed by atoms with Gasteiger partial charge < -0.3 is 24.8 Å². The molecule has 4 aromatic rings. The molecule has 0 spiro atoms. The van der Waals surface area contributed by atoms with Gasteiger partial charge >= 0.3 is 7.60 Å². The summed E-state index contributed by atoms with van der Waals surface area (Å²) < 4.78 is 19.7. The van der Waals surface area contributed by atoms with Crippen LogP contribution in [0.4, 0.5) is 0 Å². The molecule has 0 aliphatic carbocycles. The van der Waals surface area contributed by atoms with Crippen LogP contribution in [-0.4, -0.2) is 33.0 Å². The zero-order valence-electron chi connectivity index (χ0n) is 22.2. The zero-order valence-corrected chi connectivity index (χ0v) is 23.9. The van der Waals surface area contributed by atoms with E-state index in [9.17, 15) is 19.1 Å². The number of rotatable bonds is 14. The molecule has 0 radical (unpaired) electrons. The van der Waals surface area contributed by atoms with E-state index in [-0.39, 0.29) is 19.2 Å². The van der Waals surface area contributed by atoms with Gasteiger partial charge in [0.2, 0.25) is 5.91 Å². The summed E-state index contributed by atoms with van der Waals surface area (Å²) in [7, 11) is -4.12. The van der Waals surface area contributed by atoms with Gasteiger partial charge in [-0.15, -0.1) is 0 Å². The van der Waals surface area contributed by atoms with Gasteiger partial charge in [-0.2, -0.15) is 0 Å². The number of primary amides is 1. The number of nitrogens with zero attached hydrogens (tertiary/aromatic N) is 1. The molecule has 3 aromatic carbocycles. The maximum absolute atomic E-state index is 12.6. The Labute approximate surface area is 234 Å². The maximum Gasteiger partial charge on any atom is 0.325 e. The van der Waals surface area contributed by atoms with Crippen LogP contribution in [0.5, 0.6) is 5.75 Å². The number of aromatic nitrogens is 1. The monoisotopic (exact) mass is 570 g/mol. The number of benzene rings is 3. The van der Waals surface area contributed by atoms with E-state index >= 15 is 0 Å². The summed E-state index contributed by atoms with van der Waals surface area (Å²) in [4.78, 5) is 31.1. The Bertz CT molecular complexity index is 1490. The summed E-state index contributed by atoms with van der Waals surface area (Å²) in [6.45, 7) is 2.90. The summed E-state index contributed by atoms with van der Waals surface area (Å²) in [5, 5.41) is 2.19. The van der Waals surface area contributed by atoms with E-state index in [4.69, 9.17) is 22.1 Å². The molecule has 0 atom stereocenters. The number of nitrogens with two attached hydrogens (primary N) is 1. The molecule has 208 valence electrons. The van der Waals surface area contributed by atoms with Crippen molar-refractivity contribution in [2.24, 2.45) is 5.73 Å². The van der Waals surface area contributed by atoms with Gasteiger partial charge in [0.25, 0.3) is 0 Å². The molecule has 4 rings (SSSR count). The second-order valence-electron chi connectivity index (χ2n) is 9.98. The topological polar surface area (TPSA) is 115 Å². The highest BCUT2D eigenvalue weighted by atomic mass is 35.5. The largest absolute Gasteiger partial charge is 0.493 e. The van der Waals surface area contributed by atoms with E-state index in [0.717, 1.165) is 52.2 Å². The number of fused-ring (bicyclic) bond motifs is 3. The Morgan fingerprint density at radius 3 is 2.41 bits per heavy atom. The van der Waals surface area contributed by atoms with Crippen LogP contribution < -0.4 is 10.5 Å². The molecule has 0 saturated heterocycles. The predicted molar refractivity (Wildman–Crippen MR) is 158 cm³/mol. The Morgan fingerprint density at radius 1 is 0.974 bits per heavy atom. The SMILES string of the molecule is CCCCCCCc1ccc(OCCCP(=O)(O)O)c2c3c(C(N)=O)cccc3n(Cc3ccc(Cl)cc3)c12. The van der Waals surface area contributed by atoms with Crippen molar-refractivity contribution in [3.8, 4) is 5.75 Å². The Hall–Kier alpha value is -2.83. The lowest BCUT2D eigenvalue weighted by molar-refractivity contribution is 0.100. The van der Waals surface area contributed by atoms with E-state index < -0.39 is 13.5 Å². The fourth-order valence-corrected chi connectivity index (χ4v) is 5.82.